The van der Waals surface area contributed by atoms with Crippen LogP contribution in [0.1, 0.15) is 56.4 Å². The van der Waals surface area contributed by atoms with Crippen LogP contribution < -0.4 is 4.74 Å². The minimum absolute atomic E-state index is 0. The lowest BCUT2D eigenvalue weighted by Gasteiger charge is -2.28. The van der Waals surface area contributed by atoms with Gasteiger partial charge in [0.1, 0.15) is 23.9 Å². The highest BCUT2D eigenvalue weighted by atomic mass is 19.1. The second kappa shape index (κ2) is 9.56. The molecule has 0 fully saturated rings. The predicted molar refractivity (Wildman–Crippen MR) is 116 cm³/mol. The first-order chi connectivity index (χ1) is 14.1. The number of aliphatic hydroxyl groups excluding tert-OH is 1. The molecule has 0 amide bonds. The first-order valence-electron chi connectivity index (χ1n) is 9.81. The van der Waals surface area contributed by atoms with Crippen LogP contribution in [0.4, 0.5) is 8.78 Å². The Morgan fingerprint density at radius 2 is 1.84 bits per heavy atom. The second-order valence-corrected chi connectivity index (χ2v) is 8.47. The molecule has 0 unspecified atom stereocenters. The van der Waals surface area contributed by atoms with E-state index in [1.54, 1.807) is 29.7 Å². The Morgan fingerprint density at radius 3 is 2.42 bits per heavy atom. The van der Waals surface area contributed by atoms with E-state index in [1.165, 1.54) is 18.2 Å². The molecule has 0 aliphatic rings. The maximum Gasteiger partial charge on any atom is 0.181 e. The fourth-order valence-electron chi connectivity index (χ4n) is 3.39. The standard InChI is InChI=1S/C23H26F2N2O3.CH4/c1-14-21(19(29)11-15(12-28)23(2,3)4)27-10-6-9-20(22(27)26-14)30-13-16-17(24)7-5-8-18(16)25;/h5-10,15,28H,11-13H2,1-4H3;1H4/t15-;/m0./s1. The van der Waals surface area contributed by atoms with Gasteiger partial charge in [0.25, 0.3) is 0 Å². The molecular formula is C24H30F2N2O3. The normalized spacial score (nSPS) is 12.5. The number of hydrogen-bond donors (Lipinski definition) is 1. The van der Waals surface area contributed by atoms with Crippen molar-refractivity contribution in [2.45, 2.75) is 48.1 Å². The molecule has 5 nitrogen and oxygen atoms in total. The Hall–Kier alpha value is -2.80. The average molecular weight is 433 g/mol. The number of halogens is 2. The molecule has 0 aliphatic heterocycles. The van der Waals surface area contributed by atoms with Crippen LogP contribution >= 0.6 is 0 Å². The number of hydrogen-bond acceptors (Lipinski definition) is 4. The van der Waals surface area contributed by atoms with Crippen LogP contribution in [0.2, 0.25) is 0 Å². The number of carbonyl (C=O) groups is 1. The van der Waals surface area contributed by atoms with Gasteiger partial charge in [-0.1, -0.05) is 34.3 Å². The summed E-state index contributed by atoms with van der Waals surface area (Å²) in [6, 6.07) is 6.96. The van der Waals surface area contributed by atoms with Gasteiger partial charge in [-0.2, -0.15) is 0 Å². The van der Waals surface area contributed by atoms with Gasteiger partial charge in [-0.05, 0) is 42.5 Å². The Kier molecular flexibility index (Phi) is 7.54. The van der Waals surface area contributed by atoms with E-state index < -0.39 is 11.6 Å². The third-order valence-electron chi connectivity index (χ3n) is 5.36. The molecule has 3 rings (SSSR count). The van der Waals surface area contributed by atoms with E-state index in [1.807, 2.05) is 20.8 Å². The Bertz CT molecular complexity index is 1050. The fraction of sp³-hybridized carbons (Fsp3) is 0.417. The first-order valence-corrected chi connectivity index (χ1v) is 9.81. The molecule has 0 aliphatic carbocycles. The van der Waals surface area contributed by atoms with E-state index in [0.29, 0.717) is 22.8 Å². The lowest BCUT2D eigenvalue weighted by molar-refractivity contribution is 0.0812. The van der Waals surface area contributed by atoms with Gasteiger partial charge >= 0.3 is 0 Å². The van der Waals surface area contributed by atoms with Crippen molar-refractivity contribution in [1.82, 2.24) is 9.38 Å². The molecule has 168 valence electrons. The molecule has 2 heterocycles. The SMILES string of the molecule is C.Cc1nc2c(OCc3c(F)cccc3F)cccn2c1C(=O)C[C@@H](CO)C(C)(C)C. The number of carbonyl (C=O) groups excluding carboxylic acids is 1. The maximum atomic E-state index is 13.9. The fourth-order valence-corrected chi connectivity index (χ4v) is 3.39. The van der Waals surface area contributed by atoms with E-state index in [-0.39, 0.29) is 49.7 Å². The molecule has 1 atom stereocenters. The average Bonchev–Trinajstić information content (AvgIpc) is 3.01. The molecule has 0 bridgehead atoms. The highest BCUT2D eigenvalue weighted by Crippen LogP contribution is 2.31. The molecule has 1 aromatic carbocycles. The van der Waals surface area contributed by atoms with Crippen molar-refractivity contribution < 1.29 is 23.4 Å². The number of benzene rings is 1. The van der Waals surface area contributed by atoms with Crippen molar-refractivity contribution in [1.29, 1.82) is 0 Å². The molecule has 31 heavy (non-hydrogen) atoms. The summed E-state index contributed by atoms with van der Waals surface area (Å²) >= 11 is 0. The van der Waals surface area contributed by atoms with E-state index in [4.69, 9.17) is 4.74 Å². The van der Waals surface area contributed by atoms with Gasteiger partial charge in [0, 0.05) is 19.2 Å². The van der Waals surface area contributed by atoms with Crippen LogP contribution in [0.25, 0.3) is 5.65 Å². The van der Waals surface area contributed by atoms with Gasteiger partial charge < -0.3 is 9.84 Å². The van der Waals surface area contributed by atoms with E-state index >= 15 is 0 Å². The summed E-state index contributed by atoms with van der Waals surface area (Å²) < 4.78 is 35.1. The number of aromatic nitrogens is 2. The summed E-state index contributed by atoms with van der Waals surface area (Å²) in [5.74, 6) is -1.38. The van der Waals surface area contributed by atoms with Gasteiger partial charge in [0.05, 0.1) is 11.3 Å². The second-order valence-electron chi connectivity index (χ2n) is 8.47. The van der Waals surface area contributed by atoms with Crippen LogP contribution in [-0.2, 0) is 6.61 Å². The topological polar surface area (TPSA) is 63.8 Å². The highest BCUT2D eigenvalue weighted by molar-refractivity contribution is 5.97. The van der Waals surface area contributed by atoms with Gasteiger partial charge in [-0.25, -0.2) is 13.8 Å². The Labute approximate surface area is 181 Å². The number of nitrogens with zero attached hydrogens (tertiary/aromatic N) is 2. The number of ether oxygens (including phenoxy) is 1. The van der Waals surface area contributed by atoms with Crippen molar-refractivity contribution in [2.75, 3.05) is 6.61 Å². The van der Waals surface area contributed by atoms with Crippen molar-refractivity contribution in [3.63, 3.8) is 0 Å². The summed E-state index contributed by atoms with van der Waals surface area (Å²) in [6.07, 6.45) is 1.88. The summed E-state index contributed by atoms with van der Waals surface area (Å²) in [7, 11) is 0. The van der Waals surface area contributed by atoms with E-state index in [0.717, 1.165) is 0 Å². The number of rotatable bonds is 7. The molecule has 0 saturated carbocycles. The maximum absolute atomic E-state index is 13.9. The molecule has 3 aromatic rings. The van der Waals surface area contributed by atoms with E-state index in [9.17, 15) is 18.7 Å². The van der Waals surface area contributed by atoms with E-state index in [2.05, 4.69) is 4.98 Å². The first kappa shape index (κ1) is 24.5. The van der Waals surface area contributed by atoms with Gasteiger partial charge in [0.2, 0.25) is 0 Å². The summed E-state index contributed by atoms with van der Waals surface area (Å²) in [4.78, 5) is 17.5. The van der Waals surface area contributed by atoms with Crippen molar-refractivity contribution in [2.24, 2.45) is 11.3 Å². The van der Waals surface area contributed by atoms with Gasteiger partial charge in [-0.15, -0.1) is 0 Å². The highest BCUT2D eigenvalue weighted by Gasteiger charge is 2.29. The third kappa shape index (κ3) is 5.10. The zero-order valence-corrected chi connectivity index (χ0v) is 17.6. The zero-order chi connectivity index (χ0) is 22.1. The van der Waals surface area contributed by atoms with Crippen LogP contribution in [0.15, 0.2) is 36.5 Å². The molecule has 7 heteroatoms. The molecular weight excluding hydrogens is 402 g/mol. The van der Waals surface area contributed by atoms with Crippen molar-refractivity contribution >= 4 is 11.4 Å². The zero-order valence-electron chi connectivity index (χ0n) is 17.6. The summed E-state index contributed by atoms with van der Waals surface area (Å²) in [5.41, 5.74) is 0.937. The molecule has 2 aromatic heterocycles. The number of aliphatic hydroxyl groups is 1. The monoisotopic (exact) mass is 432 g/mol. The number of pyridine rings is 1. The Balaban J connectivity index is 0.00000341. The van der Waals surface area contributed by atoms with Crippen molar-refractivity contribution in [3.05, 3.63) is 65.1 Å². The Morgan fingerprint density at radius 1 is 1.19 bits per heavy atom. The third-order valence-corrected chi connectivity index (χ3v) is 5.36. The minimum atomic E-state index is -0.686. The lowest BCUT2D eigenvalue weighted by Crippen LogP contribution is -2.27. The number of ketones is 1. The molecule has 1 N–H and O–H groups in total. The van der Waals surface area contributed by atoms with Crippen LogP contribution in [-0.4, -0.2) is 26.9 Å². The predicted octanol–water partition coefficient (Wildman–Crippen LogP) is 5.36. The number of Topliss-reactive ketones (excluding diaryl/α,β-unsaturated/α-hetero) is 1. The van der Waals surface area contributed by atoms with Gasteiger partial charge in [-0.3, -0.25) is 9.20 Å². The summed E-state index contributed by atoms with van der Waals surface area (Å²) in [6.45, 7) is 7.28. The largest absolute Gasteiger partial charge is 0.485 e. The minimum Gasteiger partial charge on any atom is -0.485 e. The van der Waals surface area contributed by atoms with Gasteiger partial charge in [0.15, 0.2) is 17.2 Å². The molecule has 0 spiro atoms. The van der Waals surface area contributed by atoms with Crippen molar-refractivity contribution in [3.8, 4) is 5.75 Å². The lowest BCUT2D eigenvalue weighted by atomic mass is 9.78. The molecule has 0 saturated heterocycles. The number of aryl methyl sites for hydroxylation is 1. The smallest absolute Gasteiger partial charge is 0.181 e. The van der Waals surface area contributed by atoms with Crippen LogP contribution in [0, 0.1) is 29.9 Å². The summed E-state index contributed by atoms with van der Waals surface area (Å²) in [5, 5.41) is 9.70. The number of imidazole rings is 1. The van der Waals surface area contributed by atoms with Crippen LogP contribution in [0.5, 0.6) is 5.75 Å². The van der Waals surface area contributed by atoms with Crippen LogP contribution in [0.3, 0.4) is 0 Å². The quantitative estimate of drug-likeness (QED) is 0.510. The molecule has 0 radical (unpaired) electrons. The number of fused-ring (bicyclic) bond motifs is 1.